The van der Waals surface area contributed by atoms with Crippen molar-refractivity contribution in [3.05, 3.63) is 22.5 Å². The van der Waals surface area contributed by atoms with Gasteiger partial charge in [-0.15, -0.1) is 0 Å². The molecule has 0 radical (unpaired) electrons. The largest absolute Gasteiger partial charge is 0.465 e. The van der Waals surface area contributed by atoms with Crippen molar-refractivity contribution in [3.8, 4) is 0 Å². The average molecular weight is 280 g/mol. The zero-order valence-corrected chi connectivity index (χ0v) is 12.4. The van der Waals surface area contributed by atoms with Crippen LogP contribution in [0.25, 0.3) is 0 Å². The Hall–Kier alpha value is -2.11. The van der Waals surface area contributed by atoms with Gasteiger partial charge in [-0.2, -0.15) is 0 Å². The second-order valence-corrected chi connectivity index (χ2v) is 4.93. The summed E-state index contributed by atoms with van der Waals surface area (Å²) in [7, 11) is 1.26. The molecule has 6 heteroatoms. The number of aromatic amines is 1. The molecule has 1 aromatic heterocycles. The highest BCUT2D eigenvalue weighted by Gasteiger charge is 2.24. The molecule has 2 N–H and O–H groups in total. The topological polar surface area (TPSA) is 88.3 Å². The number of H-pyrrole nitrogens is 1. The molecule has 0 aliphatic carbocycles. The van der Waals surface area contributed by atoms with Gasteiger partial charge in [0.2, 0.25) is 5.91 Å². The maximum atomic E-state index is 11.8. The first-order valence-electron chi connectivity index (χ1n) is 6.38. The molecule has 0 saturated carbocycles. The fourth-order valence-electron chi connectivity index (χ4n) is 2.06. The fourth-order valence-corrected chi connectivity index (χ4v) is 2.06. The maximum Gasteiger partial charge on any atom is 0.339 e. The van der Waals surface area contributed by atoms with Gasteiger partial charge in [0, 0.05) is 18.7 Å². The quantitative estimate of drug-likeness (QED) is 0.630. The smallest absolute Gasteiger partial charge is 0.339 e. The average Bonchev–Trinajstić information content (AvgIpc) is 2.64. The molecule has 20 heavy (non-hydrogen) atoms. The van der Waals surface area contributed by atoms with Crippen molar-refractivity contribution in [2.75, 3.05) is 7.11 Å². The minimum atomic E-state index is -0.557. The molecule has 0 bridgehead atoms. The fraction of sp³-hybridized carbons (Fsp3) is 0.500. The van der Waals surface area contributed by atoms with Crippen molar-refractivity contribution < 1.29 is 19.1 Å². The Balaban J connectivity index is 3.17. The lowest BCUT2D eigenvalue weighted by atomic mass is 10.1. The Morgan fingerprint density at radius 3 is 2.35 bits per heavy atom. The number of methoxy groups -OCH3 is 1. The summed E-state index contributed by atoms with van der Waals surface area (Å²) in [5.41, 5.74) is 1.50. The van der Waals surface area contributed by atoms with Crippen LogP contribution in [0.3, 0.4) is 0 Å². The van der Waals surface area contributed by atoms with E-state index in [9.17, 15) is 14.4 Å². The summed E-state index contributed by atoms with van der Waals surface area (Å²) in [5.74, 6) is -0.969. The third kappa shape index (κ3) is 3.46. The number of esters is 1. The molecule has 0 aromatic carbocycles. The summed E-state index contributed by atoms with van der Waals surface area (Å²) in [6.45, 7) is 6.75. The van der Waals surface area contributed by atoms with Gasteiger partial charge in [0.15, 0.2) is 5.78 Å². The van der Waals surface area contributed by atoms with Crippen molar-refractivity contribution >= 4 is 17.7 Å². The highest BCUT2D eigenvalue weighted by molar-refractivity contribution is 6.01. The lowest BCUT2D eigenvalue weighted by Gasteiger charge is -2.08. The Bertz CT molecular complexity index is 544. The molecule has 0 fully saturated rings. The van der Waals surface area contributed by atoms with E-state index in [1.165, 1.54) is 14.0 Å². The summed E-state index contributed by atoms with van der Waals surface area (Å²) >= 11 is 0. The molecule has 0 unspecified atom stereocenters. The molecule has 0 atom stereocenters. The number of rotatable bonds is 5. The third-order valence-corrected chi connectivity index (χ3v) is 2.86. The van der Waals surface area contributed by atoms with Crippen LogP contribution < -0.4 is 5.32 Å². The van der Waals surface area contributed by atoms with Crippen LogP contribution in [-0.2, 0) is 16.0 Å². The predicted molar refractivity (Wildman–Crippen MR) is 73.9 cm³/mol. The van der Waals surface area contributed by atoms with Crippen LogP contribution in [-0.4, -0.2) is 35.8 Å². The van der Waals surface area contributed by atoms with E-state index >= 15 is 0 Å². The number of hydrogen-bond acceptors (Lipinski definition) is 4. The number of Topliss-reactive ketones (excluding diaryl/α,β-unsaturated/α-hetero) is 1. The first kappa shape index (κ1) is 15.9. The monoisotopic (exact) mass is 280 g/mol. The number of nitrogens with one attached hydrogen (secondary N) is 2. The van der Waals surface area contributed by atoms with Crippen molar-refractivity contribution in [1.82, 2.24) is 10.3 Å². The SMILES string of the molecule is COC(=O)c1c(CC(=O)NC(C)C)[nH]c(C(C)=O)c1C. The van der Waals surface area contributed by atoms with Crippen LogP contribution >= 0.6 is 0 Å². The lowest BCUT2D eigenvalue weighted by molar-refractivity contribution is -0.120. The van der Waals surface area contributed by atoms with Gasteiger partial charge in [-0.1, -0.05) is 0 Å². The highest BCUT2D eigenvalue weighted by Crippen LogP contribution is 2.20. The normalized spacial score (nSPS) is 10.5. The predicted octanol–water partition coefficient (Wildman–Crippen LogP) is 1.38. The van der Waals surface area contributed by atoms with Crippen molar-refractivity contribution in [2.45, 2.75) is 40.2 Å². The molecule has 0 saturated heterocycles. The van der Waals surface area contributed by atoms with E-state index in [-0.39, 0.29) is 29.7 Å². The minimum Gasteiger partial charge on any atom is -0.465 e. The van der Waals surface area contributed by atoms with Gasteiger partial charge in [0.25, 0.3) is 0 Å². The number of amides is 1. The molecule has 110 valence electrons. The van der Waals surface area contributed by atoms with Crippen LogP contribution in [0.2, 0.25) is 0 Å². The summed E-state index contributed by atoms with van der Waals surface area (Å²) < 4.78 is 4.71. The van der Waals surface area contributed by atoms with Gasteiger partial charge in [0.1, 0.15) is 0 Å². The van der Waals surface area contributed by atoms with Crippen LogP contribution in [0.1, 0.15) is 52.9 Å². The summed E-state index contributed by atoms with van der Waals surface area (Å²) in [6.07, 6.45) is -0.00324. The van der Waals surface area contributed by atoms with Gasteiger partial charge < -0.3 is 15.0 Å². The van der Waals surface area contributed by atoms with Gasteiger partial charge in [-0.05, 0) is 26.3 Å². The Morgan fingerprint density at radius 1 is 1.30 bits per heavy atom. The van der Waals surface area contributed by atoms with E-state index in [4.69, 9.17) is 4.74 Å². The van der Waals surface area contributed by atoms with Crippen molar-refractivity contribution in [2.24, 2.45) is 0 Å². The van der Waals surface area contributed by atoms with Crippen molar-refractivity contribution in [1.29, 1.82) is 0 Å². The van der Waals surface area contributed by atoms with Crippen LogP contribution in [0, 0.1) is 6.92 Å². The molecular weight excluding hydrogens is 260 g/mol. The summed E-state index contributed by atoms with van der Waals surface area (Å²) in [4.78, 5) is 38.0. The van der Waals surface area contributed by atoms with Crippen LogP contribution in [0.5, 0.6) is 0 Å². The zero-order valence-electron chi connectivity index (χ0n) is 12.4. The molecule has 1 amide bonds. The lowest BCUT2D eigenvalue weighted by Crippen LogP contribution is -2.31. The van der Waals surface area contributed by atoms with Gasteiger partial charge in [-0.3, -0.25) is 9.59 Å². The maximum absolute atomic E-state index is 11.8. The summed E-state index contributed by atoms with van der Waals surface area (Å²) in [6, 6.07) is 0.00686. The van der Waals surface area contributed by atoms with Crippen LogP contribution in [0.4, 0.5) is 0 Å². The number of carbonyl (C=O) groups excluding carboxylic acids is 3. The second kappa shape index (κ2) is 6.36. The number of hydrogen-bond donors (Lipinski definition) is 2. The number of ether oxygens (including phenoxy) is 1. The molecule has 1 rings (SSSR count). The van der Waals surface area contributed by atoms with E-state index in [2.05, 4.69) is 10.3 Å². The number of carbonyl (C=O) groups is 3. The van der Waals surface area contributed by atoms with E-state index in [1.54, 1.807) is 6.92 Å². The molecule has 0 aliphatic heterocycles. The van der Waals surface area contributed by atoms with E-state index < -0.39 is 5.97 Å². The first-order chi connectivity index (χ1) is 9.27. The van der Waals surface area contributed by atoms with Gasteiger partial charge in [-0.25, -0.2) is 4.79 Å². The van der Waals surface area contributed by atoms with Gasteiger partial charge >= 0.3 is 5.97 Å². The van der Waals surface area contributed by atoms with E-state index in [1.807, 2.05) is 13.8 Å². The van der Waals surface area contributed by atoms with E-state index in [0.717, 1.165) is 0 Å². The van der Waals surface area contributed by atoms with Crippen LogP contribution in [0.15, 0.2) is 0 Å². The minimum absolute atomic E-state index is 0.00324. The van der Waals surface area contributed by atoms with Gasteiger partial charge in [0.05, 0.1) is 24.8 Å². The molecule has 1 aromatic rings. The third-order valence-electron chi connectivity index (χ3n) is 2.86. The second-order valence-electron chi connectivity index (χ2n) is 4.93. The highest BCUT2D eigenvalue weighted by atomic mass is 16.5. The number of aromatic nitrogens is 1. The standard InChI is InChI=1S/C14H20N2O4/c1-7(2)15-11(18)6-10-12(14(19)20-5)8(3)13(16-10)9(4)17/h7,16H,6H2,1-5H3,(H,15,18). The number of ketones is 1. The molecule has 0 aliphatic rings. The van der Waals surface area contributed by atoms with Crippen molar-refractivity contribution in [3.63, 3.8) is 0 Å². The molecule has 6 nitrogen and oxygen atoms in total. The zero-order chi connectivity index (χ0) is 15.4. The Labute approximate surface area is 117 Å². The first-order valence-corrected chi connectivity index (χ1v) is 6.38. The molecule has 1 heterocycles. The Kier molecular flexibility index (Phi) is 5.07. The molecule has 0 spiro atoms. The summed E-state index contributed by atoms with van der Waals surface area (Å²) in [5, 5.41) is 2.74. The Morgan fingerprint density at radius 2 is 1.90 bits per heavy atom. The molecular formula is C14H20N2O4. The van der Waals surface area contributed by atoms with E-state index in [0.29, 0.717) is 17.0 Å².